The van der Waals surface area contributed by atoms with E-state index >= 15 is 0 Å². The van der Waals surface area contributed by atoms with Crippen molar-refractivity contribution in [2.45, 2.75) is 19.1 Å². The SMILES string of the molecule is CN1CCc2cc(N3CC(CO)OC3=O)ccc2C1. The minimum absolute atomic E-state index is 0.127. The van der Waals surface area contributed by atoms with Gasteiger partial charge in [0, 0.05) is 18.8 Å². The normalized spacial score (nSPS) is 23.4. The van der Waals surface area contributed by atoms with Gasteiger partial charge in [0.25, 0.3) is 0 Å². The fourth-order valence-corrected chi connectivity index (χ4v) is 2.68. The highest BCUT2D eigenvalue weighted by Crippen LogP contribution is 2.27. The van der Waals surface area contributed by atoms with Crippen molar-refractivity contribution in [3.8, 4) is 0 Å². The summed E-state index contributed by atoms with van der Waals surface area (Å²) in [5.74, 6) is 0. The summed E-state index contributed by atoms with van der Waals surface area (Å²) in [7, 11) is 2.11. The second kappa shape index (κ2) is 4.83. The molecule has 2 aliphatic heterocycles. The van der Waals surface area contributed by atoms with E-state index in [1.54, 1.807) is 4.90 Å². The van der Waals surface area contributed by atoms with Gasteiger partial charge in [-0.25, -0.2) is 4.79 Å². The Balaban J connectivity index is 1.85. The number of aliphatic hydroxyl groups is 1. The summed E-state index contributed by atoms with van der Waals surface area (Å²) in [5.41, 5.74) is 3.49. The minimum Gasteiger partial charge on any atom is -0.441 e. The lowest BCUT2D eigenvalue weighted by Gasteiger charge is -2.26. The Morgan fingerprint density at radius 2 is 2.26 bits per heavy atom. The van der Waals surface area contributed by atoms with E-state index in [1.165, 1.54) is 11.1 Å². The standard InChI is InChI=1S/C14H18N2O3/c1-15-5-4-10-6-12(3-2-11(10)7-15)16-8-13(9-17)19-14(16)18/h2-3,6,13,17H,4-5,7-9H2,1H3. The number of carbonyl (C=O) groups excluding carboxylic acids is 1. The highest BCUT2D eigenvalue weighted by Gasteiger charge is 2.32. The summed E-state index contributed by atoms with van der Waals surface area (Å²) in [4.78, 5) is 15.6. The molecule has 0 bridgehead atoms. The molecule has 1 aromatic rings. The van der Waals surface area contributed by atoms with E-state index in [-0.39, 0.29) is 12.7 Å². The van der Waals surface area contributed by atoms with Gasteiger partial charge in [-0.1, -0.05) is 6.07 Å². The molecule has 3 rings (SSSR count). The zero-order valence-corrected chi connectivity index (χ0v) is 11.0. The molecule has 1 unspecified atom stereocenters. The molecule has 1 N–H and O–H groups in total. The van der Waals surface area contributed by atoms with Crippen LogP contribution in [0.2, 0.25) is 0 Å². The van der Waals surface area contributed by atoms with Crippen molar-refractivity contribution in [3.05, 3.63) is 29.3 Å². The first-order valence-corrected chi connectivity index (χ1v) is 6.56. The highest BCUT2D eigenvalue weighted by atomic mass is 16.6. The number of rotatable bonds is 2. The molecule has 1 fully saturated rings. The predicted molar refractivity (Wildman–Crippen MR) is 71.2 cm³/mol. The van der Waals surface area contributed by atoms with Gasteiger partial charge in [0.1, 0.15) is 6.10 Å². The summed E-state index contributed by atoms with van der Waals surface area (Å²) in [6, 6.07) is 6.11. The van der Waals surface area contributed by atoms with Gasteiger partial charge < -0.3 is 14.7 Å². The van der Waals surface area contributed by atoms with Gasteiger partial charge in [-0.3, -0.25) is 4.90 Å². The average molecular weight is 262 g/mol. The van der Waals surface area contributed by atoms with Crippen molar-refractivity contribution in [1.29, 1.82) is 0 Å². The molecule has 2 heterocycles. The van der Waals surface area contributed by atoms with Gasteiger partial charge in [0.05, 0.1) is 13.2 Å². The Labute approximate surface area is 112 Å². The van der Waals surface area contributed by atoms with Crippen LogP contribution in [0.5, 0.6) is 0 Å². The lowest BCUT2D eigenvalue weighted by Crippen LogP contribution is -2.28. The van der Waals surface area contributed by atoms with Gasteiger partial charge >= 0.3 is 6.09 Å². The van der Waals surface area contributed by atoms with Crippen LogP contribution in [0.3, 0.4) is 0 Å². The minimum atomic E-state index is -0.408. The summed E-state index contributed by atoms with van der Waals surface area (Å²) >= 11 is 0. The molecule has 1 saturated heterocycles. The Kier molecular flexibility index (Phi) is 3.16. The van der Waals surface area contributed by atoms with Crippen molar-refractivity contribution < 1.29 is 14.6 Å². The average Bonchev–Trinajstić information content (AvgIpc) is 2.79. The number of likely N-dealkylation sites (N-methyl/N-ethyl adjacent to an activating group) is 1. The fraction of sp³-hybridized carbons (Fsp3) is 0.500. The van der Waals surface area contributed by atoms with Gasteiger partial charge in [-0.15, -0.1) is 0 Å². The third kappa shape index (κ3) is 2.31. The molecule has 19 heavy (non-hydrogen) atoms. The number of amides is 1. The van der Waals surface area contributed by atoms with E-state index < -0.39 is 6.10 Å². The first kappa shape index (κ1) is 12.4. The van der Waals surface area contributed by atoms with Crippen LogP contribution in [0, 0.1) is 0 Å². The van der Waals surface area contributed by atoms with Crippen molar-refractivity contribution in [2.24, 2.45) is 0 Å². The van der Waals surface area contributed by atoms with Crippen LogP contribution >= 0.6 is 0 Å². The first-order valence-electron chi connectivity index (χ1n) is 6.56. The van der Waals surface area contributed by atoms with Crippen molar-refractivity contribution in [2.75, 3.05) is 31.6 Å². The molecule has 102 valence electrons. The molecule has 2 aliphatic rings. The maximum Gasteiger partial charge on any atom is 0.414 e. The number of fused-ring (bicyclic) bond motifs is 1. The third-order valence-corrected chi connectivity index (χ3v) is 3.78. The smallest absolute Gasteiger partial charge is 0.414 e. The number of carbonyl (C=O) groups is 1. The lowest BCUT2D eigenvalue weighted by atomic mass is 9.99. The van der Waals surface area contributed by atoms with Crippen LogP contribution < -0.4 is 4.90 Å². The Morgan fingerprint density at radius 1 is 1.42 bits per heavy atom. The van der Waals surface area contributed by atoms with Crippen LogP contribution in [0.25, 0.3) is 0 Å². The van der Waals surface area contributed by atoms with Crippen molar-refractivity contribution in [3.63, 3.8) is 0 Å². The van der Waals surface area contributed by atoms with Crippen LogP contribution in [0.4, 0.5) is 10.5 Å². The molecule has 1 atom stereocenters. The van der Waals surface area contributed by atoms with Crippen molar-refractivity contribution >= 4 is 11.8 Å². The summed E-state index contributed by atoms with van der Waals surface area (Å²) in [6.07, 6.45) is 0.230. The molecule has 0 aromatic heterocycles. The van der Waals surface area contributed by atoms with Gasteiger partial charge in [0.15, 0.2) is 0 Å². The van der Waals surface area contributed by atoms with Gasteiger partial charge in [-0.05, 0) is 36.7 Å². The number of nitrogens with zero attached hydrogens (tertiary/aromatic N) is 2. The Morgan fingerprint density at radius 3 is 3.00 bits per heavy atom. The summed E-state index contributed by atoms with van der Waals surface area (Å²) in [6.45, 7) is 2.30. The van der Waals surface area contributed by atoms with E-state index in [2.05, 4.69) is 24.1 Å². The van der Waals surface area contributed by atoms with E-state index in [0.717, 1.165) is 25.2 Å². The number of anilines is 1. The lowest BCUT2D eigenvalue weighted by molar-refractivity contribution is 0.0963. The van der Waals surface area contributed by atoms with Crippen LogP contribution in [-0.2, 0) is 17.7 Å². The summed E-state index contributed by atoms with van der Waals surface area (Å²) < 4.78 is 5.07. The number of cyclic esters (lactones) is 1. The molecule has 0 saturated carbocycles. The van der Waals surface area contributed by atoms with Gasteiger partial charge in [-0.2, -0.15) is 0 Å². The van der Waals surface area contributed by atoms with Crippen LogP contribution in [-0.4, -0.2) is 48.9 Å². The zero-order chi connectivity index (χ0) is 13.4. The number of aliphatic hydroxyl groups excluding tert-OH is 1. The number of hydrogen-bond acceptors (Lipinski definition) is 4. The Bertz CT molecular complexity index is 503. The topological polar surface area (TPSA) is 53.0 Å². The largest absolute Gasteiger partial charge is 0.441 e. The van der Waals surface area contributed by atoms with Crippen molar-refractivity contribution in [1.82, 2.24) is 4.90 Å². The first-order chi connectivity index (χ1) is 9.17. The van der Waals surface area contributed by atoms with E-state index in [9.17, 15) is 4.79 Å². The van der Waals surface area contributed by atoms with E-state index in [1.807, 2.05) is 6.07 Å². The molecule has 5 heteroatoms. The zero-order valence-electron chi connectivity index (χ0n) is 11.0. The molecule has 1 amide bonds. The number of hydrogen-bond donors (Lipinski definition) is 1. The molecular formula is C14H18N2O3. The van der Waals surface area contributed by atoms with E-state index in [0.29, 0.717) is 6.54 Å². The molecule has 0 radical (unpaired) electrons. The second-order valence-corrected chi connectivity index (χ2v) is 5.24. The molecular weight excluding hydrogens is 244 g/mol. The number of ether oxygens (including phenoxy) is 1. The monoisotopic (exact) mass is 262 g/mol. The quantitative estimate of drug-likeness (QED) is 0.863. The number of benzene rings is 1. The second-order valence-electron chi connectivity index (χ2n) is 5.24. The summed E-state index contributed by atoms with van der Waals surface area (Å²) in [5, 5.41) is 9.06. The van der Waals surface area contributed by atoms with Gasteiger partial charge in [0.2, 0.25) is 0 Å². The molecule has 5 nitrogen and oxygen atoms in total. The molecule has 0 spiro atoms. The highest BCUT2D eigenvalue weighted by molar-refractivity contribution is 5.89. The third-order valence-electron chi connectivity index (χ3n) is 3.78. The van der Waals surface area contributed by atoms with Crippen LogP contribution in [0.15, 0.2) is 18.2 Å². The maximum atomic E-state index is 11.7. The Hall–Kier alpha value is -1.59. The molecule has 0 aliphatic carbocycles. The predicted octanol–water partition coefficient (Wildman–Crippen LogP) is 0.992. The van der Waals surface area contributed by atoms with Crippen LogP contribution in [0.1, 0.15) is 11.1 Å². The molecule has 1 aromatic carbocycles. The fourth-order valence-electron chi connectivity index (χ4n) is 2.68. The maximum absolute atomic E-state index is 11.7. The van der Waals surface area contributed by atoms with E-state index in [4.69, 9.17) is 9.84 Å².